The number of methoxy groups -OCH3 is 1. The lowest BCUT2D eigenvalue weighted by molar-refractivity contribution is -0.129. The van der Waals surface area contributed by atoms with Crippen molar-refractivity contribution in [1.29, 1.82) is 0 Å². The van der Waals surface area contributed by atoms with Crippen molar-refractivity contribution in [3.63, 3.8) is 0 Å². The molecule has 1 aliphatic rings. The number of ether oxygens (including phenoxy) is 1. The molecule has 4 rings (SSSR count). The maximum Gasteiger partial charge on any atom is 0.240 e. The summed E-state index contributed by atoms with van der Waals surface area (Å²) in [7, 11) is 1.62. The Balaban J connectivity index is 1.62. The molecular weight excluding hydrogens is 386 g/mol. The van der Waals surface area contributed by atoms with Crippen LogP contribution in [0.25, 0.3) is 11.4 Å². The first-order chi connectivity index (χ1) is 14.2. The van der Waals surface area contributed by atoms with Crippen LogP contribution in [0.3, 0.4) is 0 Å². The average molecular weight is 410 g/mol. The normalized spacial score (nSPS) is 14.7. The molecule has 150 valence electrons. The Hall–Kier alpha value is -3.00. The quantitative estimate of drug-likeness (QED) is 0.497. The molecule has 0 bridgehead atoms. The maximum absolute atomic E-state index is 13.2. The number of amides is 1. The van der Waals surface area contributed by atoms with Gasteiger partial charge >= 0.3 is 0 Å². The second-order valence-corrected chi connectivity index (χ2v) is 7.92. The van der Waals surface area contributed by atoms with Crippen LogP contribution in [0, 0.1) is 0 Å². The molecule has 0 radical (unpaired) electrons. The van der Waals surface area contributed by atoms with Crippen LogP contribution in [0.4, 0.5) is 0 Å². The van der Waals surface area contributed by atoms with Crippen LogP contribution in [0.1, 0.15) is 23.7 Å². The minimum Gasteiger partial charge on any atom is -0.497 e. The van der Waals surface area contributed by atoms with Crippen LogP contribution in [0.2, 0.25) is 0 Å². The van der Waals surface area contributed by atoms with Crippen LogP contribution < -0.4 is 10.6 Å². The van der Waals surface area contributed by atoms with Crippen LogP contribution in [0.5, 0.6) is 5.75 Å². The summed E-state index contributed by atoms with van der Waals surface area (Å²) in [4.78, 5) is 15.1. The van der Waals surface area contributed by atoms with Gasteiger partial charge in [0.2, 0.25) is 11.1 Å². The number of nitrogens with two attached hydrogens (primary N) is 1. The fourth-order valence-electron chi connectivity index (χ4n) is 3.39. The molecule has 7 nitrogen and oxygen atoms in total. The topological polar surface area (TPSA) is 86.3 Å². The summed E-state index contributed by atoms with van der Waals surface area (Å²) in [6.07, 6.45) is 2.10. The zero-order valence-corrected chi connectivity index (χ0v) is 17.0. The van der Waals surface area contributed by atoms with Crippen molar-refractivity contribution in [2.45, 2.75) is 23.2 Å². The van der Waals surface area contributed by atoms with Gasteiger partial charge in [0.25, 0.3) is 0 Å². The molecule has 1 saturated heterocycles. The van der Waals surface area contributed by atoms with Gasteiger partial charge in [-0.15, -0.1) is 10.2 Å². The molecule has 0 spiro atoms. The third-order valence-corrected chi connectivity index (χ3v) is 6.18. The van der Waals surface area contributed by atoms with Crippen molar-refractivity contribution < 1.29 is 9.53 Å². The van der Waals surface area contributed by atoms with Gasteiger partial charge in [-0.25, -0.2) is 4.68 Å². The van der Waals surface area contributed by atoms with Gasteiger partial charge in [-0.05, 0) is 42.7 Å². The third-order valence-electron chi connectivity index (χ3n) is 4.98. The number of aromatic nitrogens is 3. The first-order valence-corrected chi connectivity index (χ1v) is 10.4. The molecule has 3 aromatic rings. The molecule has 2 N–H and O–H groups in total. The van der Waals surface area contributed by atoms with E-state index in [1.807, 2.05) is 59.5 Å². The van der Waals surface area contributed by atoms with Crippen LogP contribution in [-0.2, 0) is 4.79 Å². The first-order valence-electron chi connectivity index (χ1n) is 9.52. The lowest BCUT2D eigenvalue weighted by Crippen LogP contribution is -2.31. The average Bonchev–Trinajstić information content (AvgIpc) is 3.43. The number of carbonyl (C=O) groups is 1. The number of nitrogen functional groups attached to an aromatic ring is 1. The van der Waals surface area contributed by atoms with Gasteiger partial charge in [0.1, 0.15) is 11.0 Å². The SMILES string of the molecule is COc1ccc(-c2nnc(S[C@H](C(=O)N3CCCC3)c3ccccc3)n2N)cc1. The number of benzene rings is 2. The molecule has 1 atom stereocenters. The maximum atomic E-state index is 13.2. The fourth-order valence-corrected chi connectivity index (χ4v) is 4.43. The predicted octanol–water partition coefficient (Wildman–Crippen LogP) is 3.12. The van der Waals surface area contributed by atoms with E-state index >= 15 is 0 Å². The molecule has 0 saturated carbocycles. The van der Waals surface area contributed by atoms with E-state index in [1.165, 1.54) is 16.4 Å². The summed E-state index contributed by atoms with van der Waals surface area (Å²) in [6, 6.07) is 17.2. The van der Waals surface area contributed by atoms with Gasteiger partial charge in [-0.2, -0.15) is 0 Å². The Morgan fingerprint density at radius 3 is 2.41 bits per heavy atom. The summed E-state index contributed by atoms with van der Waals surface area (Å²) < 4.78 is 6.64. The number of hydrogen-bond donors (Lipinski definition) is 1. The Labute approximate surface area is 173 Å². The van der Waals surface area contributed by atoms with Crippen molar-refractivity contribution in [3.8, 4) is 17.1 Å². The number of nitrogens with zero attached hydrogens (tertiary/aromatic N) is 4. The molecule has 2 aromatic carbocycles. The number of thioether (sulfide) groups is 1. The highest BCUT2D eigenvalue weighted by Gasteiger charge is 2.30. The second kappa shape index (κ2) is 8.57. The van der Waals surface area contributed by atoms with Gasteiger partial charge in [0.05, 0.1) is 7.11 Å². The molecular formula is C21H23N5O2S. The smallest absolute Gasteiger partial charge is 0.240 e. The Bertz CT molecular complexity index is 968. The minimum absolute atomic E-state index is 0.0905. The number of likely N-dealkylation sites (tertiary alicyclic amines) is 1. The van der Waals surface area contributed by atoms with E-state index in [0.29, 0.717) is 11.0 Å². The van der Waals surface area contributed by atoms with E-state index in [9.17, 15) is 4.79 Å². The summed E-state index contributed by atoms with van der Waals surface area (Å²) in [5, 5.41) is 8.59. The van der Waals surface area contributed by atoms with E-state index in [2.05, 4.69) is 10.2 Å². The number of rotatable bonds is 6. The number of carbonyl (C=O) groups excluding carboxylic acids is 1. The van der Waals surface area contributed by atoms with Crippen LogP contribution in [-0.4, -0.2) is 45.9 Å². The minimum atomic E-state index is -0.412. The molecule has 1 fully saturated rings. The fraction of sp³-hybridized carbons (Fsp3) is 0.286. The number of hydrogen-bond acceptors (Lipinski definition) is 6. The highest BCUT2D eigenvalue weighted by Crippen LogP contribution is 2.37. The van der Waals surface area contributed by atoms with Crippen LogP contribution in [0.15, 0.2) is 59.8 Å². The van der Waals surface area contributed by atoms with Crippen molar-refractivity contribution in [2.75, 3.05) is 26.0 Å². The van der Waals surface area contributed by atoms with Crippen molar-refractivity contribution >= 4 is 17.7 Å². The van der Waals surface area contributed by atoms with Gasteiger partial charge < -0.3 is 15.5 Å². The Kier molecular flexibility index (Phi) is 5.71. The van der Waals surface area contributed by atoms with Gasteiger partial charge in [0.15, 0.2) is 5.82 Å². The lowest BCUT2D eigenvalue weighted by atomic mass is 10.1. The summed E-state index contributed by atoms with van der Waals surface area (Å²) >= 11 is 1.33. The van der Waals surface area contributed by atoms with Crippen LogP contribution >= 0.6 is 11.8 Å². The zero-order valence-electron chi connectivity index (χ0n) is 16.2. The molecule has 1 aliphatic heterocycles. The van der Waals surface area contributed by atoms with Crippen molar-refractivity contribution in [1.82, 2.24) is 19.8 Å². The molecule has 29 heavy (non-hydrogen) atoms. The molecule has 0 unspecified atom stereocenters. The zero-order chi connectivity index (χ0) is 20.2. The first kappa shape index (κ1) is 19.3. The Morgan fingerprint density at radius 1 is 1.07 bits per heavy atom. The summed E-state index contributed by atoms with van der Waals surface area (Å²) in [5.41, 5.74) is 1.76. The van der Waals surface area contributed by atoms with E-state index in [4.69, 9.17) is 10.6 Å². The molecule has 1 amide bonds. The van der Waals surface area contributed by atoms with E-state index in [-0.39, 0.29) is 5.91 Å². The summed E-state index contributed by atoms with van der Waals surface area (Å²) in [6.45, 7) is 1.60. The molecule has 2 heterocycles. The Morgan fingerprint density at radius 2 is 1.76 bits per heavy atom. The van der Waals surface area contributed by atoms with Crippen molar-refractivity contribution in [2.24, 2.45) is 0 Å². The lowest BCUT2D eigenvalue weighted by Gasteiger charge is -2.22. The van der Waals surface area contributed by atoms with E-state index in [0.717, 1.165) is 42.8 Å². The predicted molar refractivity (Wildman–Crippen MR) is 113 cm³/mol. The summed E-state index contributed by atoms with van der Waals surface area (Å²) in [5.74, 6) is 7.68. The highest BCUT2D eigenvalue weighted by molar-refractivity contribution is 8.00. The standard InChI is InChI=1S/C21H23N5O2S/c1-28-17-11-9-16(10-12-17)19-23-24-21(26(19)22)29-18(15-7-3-2-4-8-15)20(27)25-13-5-6-14-25/h2-4,7-12,18H,5-6,13-14,22H2,1H3/t18-/m0/s1. The third kappa shape index (κ3) is 4.07. The van der Waals surface area contributed by atoms with E-state index < -0.39 is 5.25 Å². The monoisotopic (exact) mass is 409 g/mol. The van der Waals surface area contributed by atoms with Crippen molar-refractivity contribution in [3.05, 3.63) is 60.2 Å². The van der Waals surface area contributed by atoms with E-state index in [1.54, 1.807) is 7.11 Å². The highest BCUT2D eigenvalue weighted by atomic mass is 32.2. The molecule has 0 aliphatic carbocycles. The van der Waals surface area contributed by atoms with Gasteiger partial charge in [-0.3, -0.25) is 4.79 Å². The molecule has 1 aromatic heterocycles. The van der Waals surface area contributed by atoms with Gasteiger partial charge in [-0.1, -0.05) is 42.1 Å². The molecule has 8 heteroatoms. The van der Waals surface area contributed by atoms with Gasteiger partial charge in [0, 0.05) is 18.7 Å². The largest absolute Gasteiger partial charge is 0.497 e. The second-order valence-electron chi connectivity index (χ2n) is 6.85.